The fourth-order valence-corrected chi connectivity index (χ4v) is 4.65. The van der Waals surface area contributed by atoms with Crippen LogP contribution in [0.25, 0.3) is 12.2 Å². The highest BCUT2D eigenvalue weighted by Crippen LogP contribution is 2.34. The van der Waals surface area contributed by atoms with Crippen molar-refractivity contribution < 1.29 is 18.8 Å². The van der Waals surface area contributed by atoms with Crippen molar-refractivity contribution in [2.75, 3.05) is 5.32 Å². The molecule has 0 radical (unpaired) electrons. The van der Waals surface area contributed by atoms with E-state index in [1.165, 1.54) is 4.68 Å². The molecule has 1 aliphatic heterocycles. The number of hydrogen-bond donors (Lipinski definition) is 2. The molecule has 2 N–H and O–H groups in total. The number of hydrogen-bond acceptors (Lipinski definition) is 5. The molecule has 9 nitrogen and oxygen atoms in total. The molecule has 1 aromatic heterocycles. The second kappa shape index (κ2) is 9.90. The van der Waals surface area contributed by atoms with E-state index in [1.807, 2.05) is 66.7 Å². The third-order valence-electron chi connectivity index (χ3n) is 6.34. The van der Waals surface area contributed by atoms with Gasteiger partial charge in [-0.05, 0) is 53.6 Å². The third kappa shape index (κ3) is 4.99. The Labute approximate surface area is 212 Å². The van der Waals surface area contributed by atoms with Gasteiger partial charge >= 0.3 is 11.3 Å². The molecule has 184 valence electrons. The molecule has 1 aliphatic carbocycles. The average molecular weight is 505 g/mol. The fourth-order valence-electron chi connectivity index (χ4n) is 4.22. The molecule has 1 saturated heterocycles. The van der Waals surface area contributed by atoms with Gasteiger partial charge in [0.15, 0.2) is 12.2 Å². The molecule has 1 atom stereocenters. The summed E-state index contributed by atoms with van der Waals surface area (Å²) >= 11 is 5.59. The van der Waals surface area contributed by atoms with Crippen molar-refractivity contribution >= 4 is 47.0 Å². The van der Waals surface area contributed by atoms with Crippen molar-refractivity contribution in [3.8, 4) is 0 Å². The number of H-pyrrole nitrogens is 1. The van der Waals surface area contributed by atoms with E-state index in [9.17, 15) is 14.4 Å². The Kier molecular flexibility index (Phi) is 6.51. The first kappa shape index (κ1) is 23.7. The molecule has 2 heterocycles. The molecule has 3 aromatic rings. The summed E-state index contributed by atoms with van der Waals surface area (Å²) in [6.07, 6.45) is 5.69. The van der Waals surface area contributed by atoms with Crippen LogP contribution in [0.3, 0.4) is 0 Å². The van der Waals surface area contributed by atoms with Gasteiger partial charge in [-0.1, -0.05) is 59.3 Å². The highest BCUT2D eigenvalue weighted by Gasteiger charge is 2.50. The van der Waals surface area contributed by atoms with Crippen molar-refractivity contribution in [2.24, 2.45) is 7.05 Å². The number of anilines is 1. The highest BCUT2D eigenvalue weighted by atomic mass is 32.1. The summed E-state index contributed by atoms with van der Waals surface area (Å²) in [4.78, 5) is 41.5. The smallest absolute Gasteiger partial charge is 0.326 e. The van der Waals surface area contributed by atoms with Crippen molar-refractivity contribution in [3.63, 3.8) is 0 Å². The maximum Gasteiger partial charge on any atom is 0.431 e. The number of carbonyl (C=O) groups excluding carboxylic acids is 2. The molecule has 2 aromatic carbocycles. The van der Waals surface area contributed by atoms with Crippen LogP contribution in [-0.2, 0) is 23.2 Å². The lowest BCUT2D eigenvalue weighted by Crippen LogP contribution is -2.44. The lowest BCUT2D eigenvalue weighted by molar-refractivity contribution is -0.746. The van der Waals surface area contributed by atoms with E-state index in [2.05, 4.69) is 10.6 Å². The second-order valence-corrected chi connectivity index (χ2v) is 9.34. The number of aromatic nitrogens is 2. The van der Waals surface area contributed by atoms with Gasteiger partial charge in [0.05, 0.1) is 6.42 Å². The monoisotopic (exact) mass is 504 g/mol. The zero-order valence-electron chi connectivity index (χ0n) is 19.7. The molecule has 36 heavy (non-hydrogen) atoms. The summed E-state index contributed by atoms with van der Waals surface area (Å²) in [5.41, 5.74) is 2.50. The van der Waals surface area contributed by atoms with E-state index in [-0.39, 0.29) is 30.8 Å². The molecule has 1 unspecified atom stereocenters. The van der Waals surface area contributed by atoms with Crippen LogP contribution < -0.4 is 15.6 Å². The highest BCUT2D eigenvalue weighted by molar-refractivity contribution is 7.80. The summed E-state index contributed by atoms with van der Waals surface area (Å²) < 4.78 is 6.28. The van der Waals surface area contributed by atoms with Gasteiger partial charge in [-0.25, -0.2) is 4.79 Å². The van der Waals surface area contributed by atoms with Crippen molar-refractivity contribution in [1.82, 2.24) is 15.1 Å². The number of nitrogens with one attached hydrogen (secondary N) is 2. The van der Waals surface area contributed by atoms with Crippen molar-refractivity contribution in [2.45, 2.75) is 37.9 Å². The number of aryl methyl sites for hydroxylation is 1. The summed E-state index contributed by atoms with van der Waals surface area (Å²) in [7, 11) is 1.64. The standard InChI is InChI=1S/C26H25N5O4S/c1-29-22(25(34)35-28-29)16-30-21(24(33)31(26(30)36)20-13-14-20)15-23(32)27-19-11-9-18(10-12-19)8-7-17-5-3-2-4-6-17/h2-12,20-21H,13-16H2,1H3,(H-,27,28,32,34)/p+1/b8-7+. The van der Waals surface area contributed by atoms with Gasteiger partial charge in [-0.15, -0.1) is 0 Å². The minimum absolute atomic E-state index is 0.0634. The summed E-state index contributed by atoms with van der Waals surface area (Å²) in [5.74, 6) is -0.515. The van der Waals surface area contributed by atoms with E-state index in [0.29, 0.717) is 16.5 Å². The van der Waals surface area contributed by atoms with Gasteiger partial charge in [-0.2, -0.15) is 0 Å². The van der Waals surface area contributed by atoms with Gasteiger partial charge in [-0.3, -0.25) is 19.0 Å². The molecular formula is C26H26N5O4S+. The summed E-state index contributed by atoms with van der Waals surface area (Å²) in [5, 5.41) is 5.69. The van der Waals surface area contributed by atoms with Gasteiger partial charge in [0, 0.05) is 11.7 Å². The van der Waals surface area contributed by atoms with Crippen LogP contribution >= 0.6 is 12.2 Å². The van der Waals surface area contributed by atoms with Crippen LogP contribution in [0.5, 0.6) is 0 Å². The van der Waals surface area contributed by atoms with E-state index >= 15 is 0 Å². The normalized spacial score (nSPS) is 17.9. The predicted octanol–water partition coefficient (Wildman–Crippen LogP) is 2.45. The van der Waals surface area contributed by atoms with Gasteiger partial charge in [0.2, 0.25) is 5.91 Å². The molecule has 0 spiro atoms. The Morgan fingerprint density at radius 1 is 1.11 bits per heavy atom. The SMILES string of the molecule is C[n+]1[nH]oc(=O)c1CN1C(=S)N(C2CC2)C(=O)C1CC(=O)Nc1ccc(/C=C/c2ccccc2)cc1. The van der Waals surface area contributed by atoms with E-state index in [4.69, 9.17) is 16.7 Å². The minimum atomic E-state index is -0.791. The van der Waals surface area contributed by atoms with Crippen molar-refractivity contribution in [1.29, 1.82) is 0 Å². The number of nitrogens with zero attached hydrogens (tertiary/aromatic N) is 3. The zero-order chi connectivity index (χ0) is 25.2. The van der Waals surface area contributed by atoms with Crippen LogP contribution in [0.2, 0.25) is 0 Å². The topological polar surface area (TPSA) is 103 Å². The number of benzene rings is 2. The predicted molar refractivity (Wildman–Crippen MR) is 137 cm³/mol. The second-order valence-electron chi connectivity index (χ2n) is 8.97. The molecule has 1 saturated carbocycles. The van der Waals surface area contributed by atoms with Crippen molar-refractivity contribution in [3.05, 3.63) is 81.8 Å². The first-order chi connectivity index (χ1) is 17.4. The number of carbonyl (C=O) groups is 2. The number of amides is 2. The molecule has 5 rings (SSSR count). The maximum atomic E-state index is 13.2. The number of thiocarbonyl (C=S) groups is 1. The van der Waals surface area contributed by atoms with Crippen LogP contribution in [0.15, 0.2) is 63.9 Å². The Morgan fingerprint density at radius 3 is 2.39 bits per heavy atom. The summed E-state index contributed by atoms with van der Waals surface area (Å²) in [6.45, 7) is 0.0660. The third-order valence-corrected chi connectivity index (χ3v) is 6.77. The van der Waals surface area contributed by atoms with Crippen LogP contribution in [-0.4, -0.2) is 44.1 Å². The van der Waals surface area contributed by atoms with E-state index < -0.39 is 11.7 Å². The largest absolute Gasteiger partial charge is 0.431 e. The maximum absolute atomic E-state index is 13.2. The first-order valence-corrected chi connectivity index (χ1v) is 12.1. The number of rotatable bonds is 8. The van der Waals surface area contributed by atoms with E-state index in [1.54, 1.807) is 16.8 Å². The van der Waals surface area contributed by atoms with Crippen LogP contribution in [0.1, 0.15) is 36.1 Å². The molecule has 2 amide bonds. The molecule has 10 heteroatoms. The summed E-state index contributed by atoms with van der Waals surface area (Å²) in [6, 6.07) is 16.7. The van der Waals surface area contributed by atoms with Gasteiger partial charge in [0.25, 0.3) is 5.91 Å². The fraction of sp³-hybridized carbons (Fsp3) is 0.269. The Hall–Kier alpha value is -4.05. The molecule has 2 fully saturated rings. The molecule has 2 aliphatic rings. The average Bonchev–Trinajstić information content (AvgIpc) is 3.62. The molecule has 0 bridgehead atoms. The first-order valence-electron chi connectivity index (χ1n) is 11.7. The Morgan fingerprint density at radius 2 is 1.78 bits per heavy atom. The number of aromatic amines is 1. The Bertz CT molecular complexity index is 1380. The lowest BCUT2D eigenvalue weighted by Gasteiger charge is -2.21. The van der Waals surface area contributed by atoms with Gasteiger partial charge < -0.3 is 10.2 Å². The Balaban J connectivity index is 1.27. The van der Waals surface area contributed by atoms with E-state index in [0.717, 1.165) is 24.0 Å². The zero-order valence-corrected chi connectivity index (χ0v) is 20.5. The quantitative estimate of drug-likeness (QED) is 0.278. The molecular weight excluding hydrogens is 478 g/mol. The minimum Gasteiger partial charge on any atom is -0.326 e. The van der Waals surface area contributed by atoms with Gasteiger partial charge in [0.1, 0.15) is 12.6 Å². The van der Waals surface area contributed by atoms with Crippen LogP contribution in [0, 0.1) is 0 Å². The van der Waals surface area contributed by atoms with Crippen LogP contribution in [0.4, 0.5) is 5.69 Å². The lowest BCUT2D eigenvalue weighted by atomic mass is 10.1.